The molecule has 66 heavy (non-hydrogen) atoms. The van der Waals surface area contributed by atoms with Gasteiger partial charge in [0.15, 0.2) is 0 Å². The Bertz CT molecular complexity index is 2230. The van der Waals surface area contributed by atoms with Gasteiger partial charge in [-0.15, -0.1) is 0 Å². The van der Waals surface area contributed by atoms with Crippen LogP contribution in [0.1, 0.15) is 63.8 Å². The Morgan fingerprint density at radius 1 is 0.439 bits per heavy atom. The fraction of sp³-hybridized carbons (Fsp3) is 0.591. The molecule has 22 heteroatoms. The van der Waals surface area contributed by atoms with Crippen LogP contribution in [0.5, 0.6) is 11.5 Å². The van der Waals surface area contributed by atoms with Gasteiger partial charge in [-0.3, -0.25) is 29.2 Å². The lowest BCUT2D eigenvalue weighted by Crippen LogP contribution is -2.81. The summed E-state index contributed by atoms with van der Waals surface area (Å²) in [6.45, 7) is 9.27. The Kier molecular flexibility index (Phi) is 11.6. The number of hydrogen-bond acceptors (Lipinski definition) is 20. The van der Waals surface area contributed by atoms with E-state index in [2.05, 4.69) is 10.6 Å². The number of methoxy groups -OCH3 is 2. The third-order valence-electron chi connectivity index (χ3n) is 14.2. The molecule has 5 saturated heterocycles. The van der Waals surface area contributed by atoms with Crippen molar-refractivity contribution < 1.29 is 57.2 Å². The third kappa shape index (κ3) is 5.82. The minimum absolute atomic E-state index is 0.00469. The summed E-state index contributed by atoms with van der Waals surface area (Å²) in [6, 6.07) is 7.03. The lowest BCUT2D eigenvalue weighted by Gasteiger charge is -2.53. The van der Waals surface area contributed by atoms with Gasteiger partial charge in [0.2, 0.25) is 34.5 Å². The summed E-state index contributed by atoms with van der Waals surface area (Å²) in [5, 5.41) is 5.92. The minimum Gasteiger partial charge on any atom is -0.496 e. The molecule has 0 bridgehead atoms. The zero-order valence-electron chi connectivity index (χ0n) is 38.7. The summed E-state index contributed by atoms with van der Waals surface area (Å²) < 4.78 is 36.1. The first-order valence-electron chi connectivity index (χ1n) is 22.3. The van der Waals surface area contributed by atoms with Gasteiger partial charge in [-0.05, 0) is 63.1 Å². The molecule has 9 rings (SSSR count). The number of hydrogen-bond donors (Lipinski definition) is 2. The molecule has 7 heterocycles. The molecule has 0 saturated carbocycles. The summed E-state index contributed by atoms with van der Waals surface area (Å²) in [7, 11) is 3.10. The Balaban J connectivity index is 1.30. The lowest BCUT2D eigenvalue weighted by molar-refractivity contribution is -0.214. The lowest BCUT2D eigenvalue weighted by atomic mass is 9.88. The van der Waals surface area contributed by atoms with Crippen LogP contribution in [0.2, 0.25) is 0 Å². The number of carbonyl (C=O) groups excluding carboxylic acids is 6. The van der Waals surface area contributed by atoms with E-state index in [9.17, 15) is 9.59 Å². The second-order valence-corrected chi connectivity index (χ2v) is 17.3. The Morgan fingerprint density at radius 3 is 0.955 bits per heavy atom. The van der Waals surface area contributed by atoms with Gasteiger partial charge >= 0.3 is 23.9 Å². The van der Waals surface area contributed by atoms with Gasteiger partial charge in [0, 0.05) is 62.5 Å². The molecule has 2 aromatic rings. The summed E-state index contributed by atoms with van der Waals surface area (Å²) in [4.78, 5) is 102. The number of nitrogens with zero attached hydrogens (tertiary/aromatic N) is 8. The summed E-state index contributed by atoms with van der Waals surface area (Å²) in [6.07, 6.45) is 0. The number of nitrogens with one attached hydrogen (secondary N) is 2. The molecule has 5 fully saturated rings. The summed E-state index contributed by atoms with van der Waals surface area (Å²) in [5.74, 6) is -2.36. The molecule has 4 atom stereocenters. The van der Waals surface area contributed by atoms with Gasteiger partial charge in [-0.25, -0.2) is 38.8 Å². The van der Waals surface area contributed by atoms with E-state index in [1.165, 1.54) is 13.8 Å². The van der Waals surface area contributed by atoms with Gasteiger partial charge < -0.3 is 39.1 Å². The smallest absolute Gasteiger partial charge is 0.346 e. The molecule has 2 amide bonds. The second kappa shape index (κ2) is 16.7. The van der Waals surface area contributed by atoms with Crippen molar-refractivity contribution >= 4 is 47.1 Å². The normalized spacial score (nSPS) is 28.4. The molecule has 356 valence electrons. The monoisotopic (exact) mass is 918 g/mol. The quantitative estimate of drug-likeness (QED) is 0.221. The van der Waals surface area contributed by atoms with Gasteiger partial charge in [0.25, 0.3) is 0 Å². The second-order valence-electron chi connectivity index (χ2n) is 17.3. The molecule has 22 nitrogen and oxygen atoms in total. The molecular weight excluding hydrogens is 861 g/mol. The van der Waals surface area contributed by atoms with Gasteiger partial charge in [0.1, 0.15) is 11.5 Å². The average molecular weight is 919 g/mol. The molecule has 2 N–H and O–H groups in total. The van der Waals surface area contributed by atoms with Crippen molar-refractivity contribution in [2.75, 3.05) is 91.3 Å². The van der Waals surface area contributed by atoms with Crippen LogP contribution in [0.25, 0.3) is 0 Å². The minimum atomic E-state index is -1.93. The van der Waals surface area contributed by atoms with E-state index in [1.807, 2.05) is 39.2 Å². The van der Waals surface area contributed by atoms with Crippen molar-refractivity contribution in [1.82, 2.24) is 39.2 Å². The first kappa shape index (κ1) is 45.7. The van der Waals surface area contributed by atoms with Crippen LogP contribution >= 0.6 is 0 Å². The van der Waals surface area contributed by atoms with Crippen LogP contribution in [0.15, 0.2) is 24.3 Å². The number of rotatable bonds is 12. The fourth-order valence-electron chi connectivity index (χ4n) is 12.2. The molecule has 2 aromatic carbocycles. The Morgan fingerprint density at radius 2 is 0.697 bits per heavy atom. The van der Waals surface area contributed by atoms with Gasteiger partial charge in [-0.2, -0.15) is 0 Å². The predicted molar refractivity (Wildman–Crippen MR) is 231 cm³/mol. The van der Waals surface area contributed by atoms with Crippen LogP contribution in [0.3, 0.4) is 0 Å². The Hall–Kier alpha value is -5.46. The SMILES string of the molecule is CCOC(=O)[C@]12N3CN4Cc5c(NC(C)=O)ccc(OC)c5CN(CN1CN1CN5Cc6c(NC(C)=O)ccc(OC)c6CN6CN(C3)[C@@]1(C(=O)OCC)[C@]56C(=O)OCC)[C@@]42C(=O)OCC. The van der Waals surface area contributed by atoms with Crippen LogP contribution < -0.4 is 20.1 Å². The molecule has 7 aliphatic heterocycles. The third-order valence-corrected chi connectivity index (χ3v) is 14.2. The first-order valence-corrected chi connectivity index (χ1v) is 22.3. The number of fused-ring (bicyclic) bond motifs is 2. The number of amides is 2. The van der Waals surface area contributed by atoms with Crippen molar-refractivity contribution in [3.8, 4) is 11.5 Å². The van der Waals surface area contributed by atoms with E-state index in [4.69, 9.17) is 28.4 Å². The predicted octanol–water partition coefficient (Wildman–Crippen LogP) is 0.615. The van der Waals surface area contributed by atoms with Gasteiger partial charge in [-0.1, -0.05) is 0 Å². The topological polar surface area (TPSA) is 208 Å². The Labute approximate surface area is 382 Å². The van der Waals surface area contributed by atoms with Crippen molar-refractivity contribution in [2.24, 2.45) is 0 Å². The maximum atomic E-state index is 15.5. The van der Waals surface area contributed by atoms with Crippen LogP contribution in [0.4, 0.5) is 11.4 Å². The number of esters is 4. The van der Waals surface area contributed by atoms with Crippen molar-refractivity contribution in [3.63, 3.8) is 0 Å². The highest BCUT2D eigenvalue weighted by Gasteiger charge is 2.87. The molecule has 0 aromatic heterocycles. The molecule has 0 unspecified atom stereocenters. The van der Waals surface area contributed by atoms with E-state index in [0.29, 0.717) is 45.1 Å². The zero-order chi connectivity index (χ0) is 47.1. The number of carbonyl (C=O) groups is 6. The number of ether oxygens (including phenoxy) is 6. The number of benzene rings is 2. The number of anilines is 2. The molecule has 7 aliphatic rings. The van der Waals surface area contributed by atoms with Crippen LogP contribution in [-0.2, 0) is 73.9 Å². The van der Waals surface area contributed by atoms with Crippen molar-refractivity contribution in [3.05, 3.63) is 46.5 Å². The highest BCUT2D eigenvalue weighted by atomic mass is 16.6. The van der Waals surface area contributed by atoms with Crippen molar-refractivity contribution in [2.45, 2.75) is 90.4 Å². The van der Waals surface area contributed by atoms with E-state index in [-0.39, 0.29) is 104 Å². The molecule has 0 aliphatic carbocycles. The van der Waals surface area contributed by atoms with Gasteiger partial charge in [0.05, 0.1) is 80.7 Å². The average Bonchev–Trinajstić information content (AvgIpc) is 3.84. The van der Waals surface area contributed by atoms with E-state index >= 15 is 19.2 Å². The largest absolute Gasteiger partial charge is 0.496 e. The highest BCUT2D eigenvalue weighted by Crippen LogP contribution is 2.60. The summed E-state index contributed by atoms with van der Waals surface area (Å²) in [5.41, 5.74) is -3.82. The van der Waals surface area contributed by atoms with Crippen LogP contribution in [0, 0.1) is 0 Å². The highest BCUT2D eigenvalue weighted by molar-refractivity contribution is 5.98. The standard InChI is InChI=1S/C44H58N10O12/c1-9-63-37(57)41-43(39(59)65-11-3)51-21-47(41)17-29-31(35(61-7)15-13-33(29)45-27(5)55)19-49(41)23-53(43)26-52-22-48-18-30-32(36(62-8)16-14-34(30)46-28(6)56)20-50-24-54(25-51)44(52,40(60)66-12-4)42(48,50)38(58)64-10-2/h13-16H,9-12,17-26H2,1-8H3,(H,45,55)(H,46,56)/t41-,42-,43+,44+/m1/s1. The maximum absolute atomic E-state index is 15.5. The maximum Gasteiger partial charge on any atom is 0.346 e. The van der Waals surface area contributed by atoms with E-state index < -0.39 is 46.5 Å². The van der Waals surface area contributed by atoms with Crippen LogP contribution in [-0.4, -0.2) is 178 Å². The van der Waals surface area contributed by atoms with E-state index in [1.54, 1.807) is 66.2 Å². The molecule has 0 radical (unpaired) electrons. The van der Waals surface area contributed by atoms with Crippen molar-refractivity contribution in [1.29, 1.82) is 0 Å². The fourth-order valence-corrected chi connectivity index (χ4v) is 12.2. The molecular formula is C44H58N10O12. The van der Waals surface area contributed by atoms with E-state index in [0.717, 1.165) is 0 Å². The zero-order valence-corrected chi connectivity index (χ0v) is 38.7. The molecule has 0 spiro atoms. The summed E-state index contributed by atoms with van der Waals surface area (Å²) >= 11 is 0. The first-order chi connectivity index (χ1) is 31.7.